The van der Waals surface area contributed by atoms with Crippen molar-refractivity contribution in [3.63, 3.8) is 0 Å². The van der Waals surface area contributed by atoms with Crippen molar-refractivity contribution in [2.24, 2.45) is 0 Å². The van der Waals surface area contributed by atoms with Crippen LogP contribution in [0.15, 0.2) is 24.3 Å². The van der Waals surface area contributed by atoms with Gasteiger partial charge in [-0.15, -0.1) is 0 Å². The maximum Gasteiger partial charge on any atom is 0.463 e. The molecule has 1 aromatic rings. The molecule has 1 aromatic carbocycles. The highest BCUT2D eigenvalue weighted by atomic mass is 32.1. The van der Waals surface area contributed by atoms with Gasteiger partial charge in [-0.1, -0.05) is 24.3 Å². The highest BCUT2D eigenvalue weighted by Gasteiger charge is 1.98. The van der Waals surface area contributed by atoms with Crippen LogP contribution in [0.2, 0.25) is 0 Å². The third kappa shape index (κ3) is 1.90. The van der Waals surface area contributed by atoms with E-state index in [4.69, 9.17) is 0 Å². The van der Waals surface area contributed by atoms with Crippen LogP contribution >= 0.6 is 0 Å². The molecule has 1 radical (unpaired) electrons. The van der Waals surface area contributed by atoms with E-state index in [0.717, 1.165) is 5.56 Å². The first-order valence-corrected chi connectivity index (χ1v) is 3.54. The number of hydrogen-bond donors (Lipinski definition) is 0. The fourth-order valence-electron chi connectivity index (χ4n) is 0.586. The predicted octanol–water partition coefficient (Wildman–Crippen LogP) is 1.41. The summed E-state index contributed by atoms with van der Waals surface area (Å²) in [6, 6.07) is 10.3. The molecule has 0 saturated carbocycles. The summed E-state index contributed by atoms with van der Waals surface area (Å²) in [6.07, 6.45) is 0. The lowest BCUT2D eigenvalue weighted by molar-refractivity contribution is 0.604. The lowest BCUT2D eigenvalue weighted by Crippen LogP contribution is -1.78. The van der Waals surface area contributed by atoms with Gasteiger partial charge in [0.2, 0.25) is 0 Å². The Morgan fingerprint density at radius 2 is 2.11 bits per heavy atom. The molecule has 0 unspecified atom stereocenters. The van der Waals surface area contributed by atoms with Gasteiger partial charge in [-0.3, -0.25) is 0 Å². The molecule has 0 aliphatic rings. The summed E-state index contributed by atoms with van der Waals surface area (Å²) in [5.74, 6) is 0.550. The van der Waals surface area contributed by atoms with E-state index in [1.54, 1.807) is 0 Å². The molecular weight excluding hydrogens is 132 g/mol. The lowest BCUT2D eigenvalue weighted by atomic mass is 10.2. The molecule has 1 nitrogen and oxygen atoms in total. The van der Waals surface area contributed by atoms with E-state index < -0.39 is 0 Å². The minimum atomic E-state index is 0.550. The molecule has 45 valence electrons. The van der Waals surface area contributed by atoms with Crippen molar-refractivity contribution in [3.8, 4) is 0 Å². The quantitative estimate of drug-likeness (QED) is 0.565. The SMILES string of the molecule is O=[S+]Cc1cc[c]cc1. The molecule has 0 bridgehead atoms. The largest absolute Gasteiger partial charge is 0.463 e. The van der Waals surface area contributed by atoms with Crippen LogP contribution in [0.3, 0.4) is 0 Å². The molecule has 0 aliphatic carbocycles. The zero-order valence-electron chi connectivity index (χ0n) is 4.83. The predicted molar refractivity (Wildman–Crippen MR) is 37.0 cm³/mol. The number of rotatable bonds is 2. The summed E-state index contributed by atoms with van der Waals surface area (Å²) < 4.78 is 10.0. The van der Waals surface area contributed by atoms with Gasteiger partial charge in [0.25, 0.3) is 5.75 Å². The average Bonchev–Trinajstić information content (AvgIpc) is 1.91. The topological polar surface area (TPSA) is 17.1 Å². The van der Waals surface area contributed by atoms with Gasteiger partial charge in [0, 0.05) is 9.77 Å². The fourth-order valence-corrected chi connectivity index (χ4v) is 0.914. The van der Waals surface area contributed by atoms with Crippen LogP contribution in [0, 0.1) is 6.07 Å². The first-order valence-electron chi connectivity index (χ1n) is 2.63. The molecule has 0 spiro atoms. The highest BCUT2D eigenvalue weighted by Crippen LogP contribution is 1.96. The Balaban J connectivity index is 2.72. The van der Waals surface area contributed by atoms with Crippen molar-refractivity contribution in [3.05, 3.63) is 35.9 Å². The molecular formula is C7H6OS+. The van der Waals surface area contributed by atoms with E-state index in [2.05, 4.69) is 6.07 Å². The third-order valence-electron chi connectivity index (χ3n) is 1.01. The Morgan fingerprint density at radius 3 is 2.67 bits per heavy atom. The van der Waals surface area contributed by atoms with Gasteiger partial charge in [-0.05, 0) is 6.07 Å². The zero-order valence-corrected chi connectivity index (χ0v) is 5.65. The summed E-state index contributed by atoms with van der Waals surface area (Å²) in [4.78, 5) is 0. The van der Waals surface area contributed by atoms with E-state index in [1.165, 1.54) is 0 Å². The molecule has 0 heterocycles. The molecule has 0 N–H and O–H groups in total. The van der Waals surface area contributed by atoms with E-state index in [1.807, 2.05) is 24.3 Å². The van der Waals surface area contributed by atoms with E-state index in [0.29, 0.717) is 17.4 Å². The minimum absolute atomic E-state index is 0.550. The summed E-state index contributed by atoms with van der Waals surface area (Å²) in [5.41, 5.74) is 1.06. The minimum Gasteiger partial charge on any atom is -0.0539 e. The van der Waals surface area contributed by atoms with Crippen LogP contribution in [0.1, 0.15) is 5.56 Å². The van der Waals surface area contributed by atoms with Crippen LogP contribution in [0.4, 0.5) is 0 Å². The molecule has 1 rings (SSSR count). The van der Waals surface area contributed by atoms with Crippen LogP contribution in [0.25, 0.3) is 0 Å². The van der Waals surface area contributed by atoms with Gasteiger partial charge in [-0.2, -0.15) is 0 Å². The molecule has 9 heavy (non-hydrogen) atoms. The maximum atomic E-state index is 10.0. The number of benzene rings is 1. The summed E-state index contributed by atoms with van der Waals surface area (Å²) >= 11 is 0.591. The Hall–Kier alpha value is -0.760. The first kappa shape index (κ1) is 6.36. The fraction of sp³-hybridized carbons (Fsp3) is 0.143. The second-order valence-corrected chi connectivity index (χ2v) is 2.19. The summed E-state index contributed by atoms with van der Waals surface area (Å²) in [6.45, 7) is 0. The summed E-state index contributed by atoms with van der Waals surface area (Å²) in [7, 11) is 0. The monoisotopic (exact) mass is 138 g/mol. The van der Waals surface area contributed by atoms with Crippen LogP contribution < -0.4 is 0 Å². The second-order valence-electron chi connectivity index (χ2n) is 1.67. The van der Waals surface area contributed by atoms with E-state index in [-0.39, 0.29) is 0 Å². The number of hydrogen-bond acceptors (Lipinski definition) is 1. The van der Waals surface area contributed by atoms with Crippen molar-refractivity contribution < 1.29 is 4.21 Å². The second kappa shape index (κ2) is 3.30. The summed E-state index contributed by atoms with van der Waals surface area (Å²) in [5, 5.41) is 0. The standard InChI is InChI=1S/C7H6OS/c8-9-6-7-4-2-1-3-5-7/h2-5H,6H2/q+1. The van der Waals surface area contributed by atoms with Gasteiger partial charge >= 0.3 is 11.7 Å². The van der Waals surface area contributed by atoms with Crippen LogP contribution in [-0.2, 0) is 21.6 Å². The molecule has 0 atom stereocenters. The Labute approximate surface area is 58.2 Å². The molecule has 2 heteroatoms. The molecule has 0 aliphatic heterocycles. The maximum absolute atomic E-state index is 10.0. The zero-order chi connectivity index (χ0) is 6.53. The Kier molecular flexibility index (Phi) is 2.33. The van der Waals surface area contributed by atoms with Crippen molar-refractivity contribution in [1.82, 2.24) is 0 Å². The Morgan fingerprint density at radius 1 is 1.44 bits per heavy atom. The molecule has 0 saturated heterocycles. The van der Waals surface area contributed by atoms with Gasteiger partial charge in [0.15, 0.2) is 0 Å². The van der Waals surface area contributed by atoms with E-state index >= 15 is 0 Å². The Bertz CT molecular complexity index is 183. The first-order chi connectivity index (χ1) is 4.43. The van der Waals surface area contributed by atoms with Crippen molar-refractivity contribution in [1.29, 1.82) is 0 Å². The van der Waals surface area contributed by atoms with Gasteiger partial charge in [0.05, 0.1) is 0 Å². The highest BCUT2D eigenvalue weighted by molar-refractivity contribution is 7.64. The van der Waals surface area contributed by atoms with Crippen molar-refractivity contribution >= 4 is 11.7 Å². The van der Waals surface area contributed by atoms with Crippen LogP contribution in [-0.4, -0.2) is 0 Å². The molecule has 0 fully saturated rings. The third-order valence-corrected chi connectivity index (χ3v) is 1.46. The molecule has 0 amide bonds. The van der Waals surface area contributed by atoms with E-state index in [9.17, 15) is 4.21 Å². The normalized spacial score (nSPS) is 8.89. The lowest BCUT2D eigenvalue weighted by Gasteiger charge is -1.82. The average molecular weight is 138 g/mol. The van der Waals surface area contributed by atoms with Gasteiger partial charge in [0.1, 0.15) is 0 Å². The van der Waals surface area contributed by atoms with Gasteiger partial charge in [-0.25, -0.2) is 0 Å². The smallest absolute Gasteiger partial charge is 0.0539 e. The van der Waals surface area contributed by atoms with Gasteiger partial charge < -0.3 is 0 Å². The van der Waals surface area contributed by atoms with Crippen molar-refractivity contribution in [2.45, 2.75) is 5.75 Å². The van der Waals surface area contributed by atoms with Crippen LogP contribution in [0.5, 0.6) is 0 Å². The van der Waals surface area contributed by atoms with Crippen molar-refractivity contribution in [2.75, 3.05) is 0 Å². The molecule has 0 aromatic heterocycles.